The standard InChI is InChI=1S/C17H18BrFN4O2.C2HF3O2/c1-11-15(18)16(21-20-11)17(25)23-8-6-22(7-9-23)10-14(24)12-2-4-13(19)5-3-12;3-2(4,5)1(6)7/h2-5H,6-10H2,1H3,(H,20,21);(H,6,7). The van der Waals surface area contributed by atoms with Crippen LogP contribution in [0.4, 0.5) is 17.6 Å². The maximum absolute atomic E-state index is 12.9. The molecule has 0 aliphatic carbocycles. The molecule has 174 valence electrons. The first kappa shape index (κ1) is 25.5. The molecule has 1 aromatic heterocycles. The van der Waals surface area contributed by atoms with Crippen molar-refractivity contribution >= 4 is 33.6 Å². The summed E-state index contributed by atoms with van der Waals surface area (Å²) in [6.07, 6.45) is -5.08. The predicted octanol–water partition coefficient (Wildman–Crippen LogP) is 2.89. The molecular formula is C19H19BrF4N4O4. The molecule has 1 fully saturated rings. The van der Waals surface area contributed by atoms with Crippen molar-refractivity contribution in [2.45, 2.75) is 13.1 Å². The minimum Gasteiger partial charge on any atom is -0.475 e. The average molecular weight is 523 g/mol. The number of amides is 1. The number of nitrogens with zero attached hydrogens (tertiary/aromatic N) is 3. The molecule has 0 radical (unpaired) electrons. The number of nitrogens with one attached hydrogen (secondary N) is 1. The first-order valence-electron chi connectivity index (χ1n) is 9.21. The zero-order chi connectivity index (χ0) is 24.1. The highest BCUT2D eigenvalue weighted by Crippen LogP contribution is 2.20. The van der Waals surface area contributed by atoms with E-state index in [1.165, 1.54) is 24.3 Å². The highest BCUT2D eigenvalue weighted by Gasteiger charge is 2.38. The van der Waals surface area contributed by atoms with Crippen molar-refractivity contribution in [1.29, 1.82) is 0 Å². The van der Waals surface area contributed by atoms with Gasteiger partial charge in [0, 0.05) is 37.4 Å². The maximum Gasteiger partial charge on any atom is 0.490 e. The Morgan fingerprint density at radius 3 is 2.09 bits per heavy atom. The van der Waals surface area contributed by atoms with E-state index in [-0.39, 0.29) is 24.1 Å². The number of benzene rings is 1. The van der Waals surface area contributed by atoms with Crippen LogP contribution in [-0.2, 0) is 4.79 Å². The second kappa shape index (κ2) is 10.7. The van der Waals surface area contributed by atoms with Gasteiger partial charge in [-0.15, -0.1) is 0 Å². The normalized spacial score (nSPS) is 14.5. The SMILES string of the molecule is Cc1[nH]nc(C(=O)N2CCN(CC(=O)c3ccc(F)cc3)CC2)c1Br.O=C(O)C(F)(F)F. The Morgan fingerprint density at radius 1 is 1.12 bits per heavy atom. The number of piperazine rings is 1. The van der Waals surface area contributed by atoms with Crippen molar-refractivity contribution in [3.8, 4) is 0 Å². The quantitative estimate of drug-likeness (QED) is 0.472. The number of ketones is 1. The molecule has 13 heteroatoms. The summed E-state index contributed by atoms with van der Waals surface area (Å²) in [5.74, 6) is -3.29. The smallest absolute Gasteiger partial charge is 0.475 e. The van der Waals surface area contributed by atoms with Gasteiger partial charge in [-0.1, -0.05) is 0 Å². The predicted molar refractivity (Wildman–Crippen MR) is 108 cm³/mol. The lowest BCUT2D eigenvalue weighted by Crippen LogP contribution is -2.50. The number of aromatic nitrogens is 2. The number of rotatable bonds is 4. The Bertz CT molecular complexity index is 971. The van der Waals surface area contributed by atoms with Crippen LogP contribution in [0.1, 0.15) is 26.5 Å². The molecule has 0 bridgehead atoms. The van der Waals surface area contributed by atoms with Crippen LogP contribution in [0.2, 0.25) is 0 Å². The Kier molecular flexibility index (Phi) is 8.50. The van der Waals surface area contributed by atoms with Gasteiger partial charge in [-0.2, -0.15) is 18.3 Å². The number of halogens is 5. The van der Waals surface area contributed by atoms with E-state index in [0.29, 0.717) is 41.9 Å². The molecule has 8 nitrogen and oxygen atoms in total. The second-order valence-corrected chi connectivity index (χ2v) is 7.61. The van der Waals surface area contributed by atoms with Crippen LogP contribution in [0.5, 0.6) is 0 Å². The van der Waals surface area contributed by atoms with Crippen LogP contribution < -0.4 is 0 Å². The largest absolute Gasteiger partial charge is 0.490 e. The summed E-state index contributed by atoms with van der Waals surface area (Å²) >= 11 is 3.37. The van der Waals surface area contributed by atoms with Crippen molar-refractivity contribution < 1.29 is 37.1 Å². The van der Waals surface area contributed by atoms with Crippen molar-refractivity contribution in [1.82, 2.24) is 20.0 Å². The summed E-state index contributed by atoms with van der Waals surface area (Å²) in [5, 5.41) is 14.0. The van der Waals surface area contributed by atoms with Gasteiger partial charge in [-0.25, -0.2) is 9.18 Å². The second-order valence-electron chi connectivity index (χ2n) is 6.81. The number of hydrogen-bond donors (Lipinski definition) is 2. The van der Waals surface area contributed by atoms with Gasteiger partial charge in [-0.3, -0.25) is 19.6 Å². The Hall–Kier alpha value is -2.80. The molecule has 2 heterocycles. The molecule has 0 atom stereocenters. The first-order valence-corrected chi connectivity index (χ1v) is 10.0. The number of aliphatic carboxylic acids is 1. The van der Waals surface area contributed by atoms with E-state index >= 15 is 0 Å². The van der Waals surface area contributed by atoms with E-state index in [2.05, 4.69) is 26.1 Å². The van der Waals surface area contributed by atoms with E-state index in [4.69, 9.17) is 9.90 Å². The summed E-state index contributed by atoms with van der Waals surface area (Å²) in [6.45, 7) is 4.40. The molecule has 2 aromatic rings. The Labute approximate surface area is 188 Å². The Morgan fingerprint density at radius 2 is 1.66 bits per heavy atom. The fourth-order valence-corrected chi connectivity index (χ4v) is 3.09. The van der Waals surface area contributed by atoms with Gasteiger partial charge in [0.25, 0.3) is 5.91 Å². The van der Waals surface area contributed by atoms with Crippen molar-refractivity contribution in [3.63, 3.8) is 0 Å². The molecule has 0 unspecified atom stereocenters. The summed E-state index contributed by atoms with van der Waals surface area (Å²) in [5.41, 5.74) is 1.69. The molecule has 32 heavy (non-hydrogen) atoms. The van der Waals surface area contributed by atoms with E-state index in [0.717, 1.165) is 5.69 Å². The van der Waals surface area contributed by atoms with Crippen molar-refractivity contribution in [3.05, 3.63) is 51.5 Å². The van der Waals surface area contributed by atoms with E-state index in [9.17, 15) is 27.2 Å². The topological polar surface area (TPSA) is 107 Å². The van der Waals surface area contributed by atoms with Crippen LogP contribution in [0.25, 0.3) is 0 Å². The molecule has 1 aliphatic rings. The molecule has 2 N–H and O–H groups in total. The van der Waals surface area contributed by atoms with E-state index < -0.39 is 12.1 Å². The number of Topliss-reactive ketones (excluding diaryl/α,β-unsaturated/α-hetero) is 1. The monoisotopic (exact) mass is 522 g/mol. The van der Waals surface area contributed by atoms with E-state index in [1.54, 1.807) is 4.90 Å². The van der Waals surface area contributed by atoms with Crippen LogP contribution in [0.3, 0.4) is 0 Å². The summed E-state index contributed by atoms with van der Waals surface area (Å²) in [6, 6.07) is 5.56. The maximum atomic E-state index is 12.9. The zero-order valence-corrected chi connectivity index (χ0v) is 18.3. The van der Waals surface area contributed by atoms with Gasteiger partial charge in [0.15, 0.2) is 11.5 Å². The summed E-state index contributed by atoms with van der Waals surface area (Å²) < 4.78 is 45.3. The van der Waals surface area contributed by atoms with Crippen molar-refractivity contribution in [2.24, 2.45) is 0 Å². The molecule has 3 rings (SSSR count). The zero-order valence-electron chi connectivity index (χ0n) is 16.7. The number of carboxylic acid groups (broad SMARTS) is 1. The number of carbonyl (C=O) groups is 3. The van der Waals surface area contributed by atoms with Gasteiger partial charge < -0.3 is 10.0 Å². The lowest BCUT2D eigenvalue weighted by atomic mass is 10.1. The highest BCUT2D eigenvalue weighted by molar-refractivity contribution is 9.10. The number of carboxylic acids is 1. The summed E-state index contributed by atoms with van der Waals surface area (Å²) in [4.78, 5) is 37.4. The van der Waals surface area contributed by atoms with Gasteiger partial charge in [0.1, 0.15) is 5.82 Å². The average Bonchev–Trinajstić information content (AvgIpc) is 3.07. The van der Waals surface area contributed by atoms with Crippen LogP contribution in [-0.4, -0.2) is 81.7 Å². The first-order chi connectivity index (χ1) is 14.9. The molecule has 0 spiro atoms. The van der Waals surface area contributed by atoms with Crippen LogP contribution in [0.15, 0.2) is 28.7 Å². The number of hydrogen-bond acceptors (Lipinski definition) is 5. The molecule has 1 amide bonds. The fourth-order valence-electron chi connectivity index (χ4n) is 2.75. The van der Waals surface area contributed by atoms with Crippen molar-refractivity contribution in [2.75, 3.05) is 32.7 Å². The third-order valence-corrected chi connectivity index (χ3v) is 5.48. The molecule has 1 aliphatic heterocycles. The van der Waals surface area contributed by atoms with Crippen LogP contribution >= 0.6 is 15.9 Å². The van der Waals surface area contributed by atoms with E-state index in [1.807, 2.05) is 11.8 Å². The number of H-pyrrole nitrogens is 1. The lowest BCUT2D eigenvalue weighted by molar-refractivity contribution is -0.192. The Balaban J connectivity index is 0.000000451. The van der Waals surface area contributed by atoms with Crippen LogP contribution in [0, 0.1) is 12.7 Å². The molecule has 1 saturated heterocycles. The minimum atomic E-state index is -5.08. The fraction of sp³-hybridized carbons (Fsp3) is 0.368. The lowest BCUT2D eigenvalue weighted by Gasteiger charge is -2.34. The number of carbonyl (C=O) groups excluding carboxylic acids is 2. The van der Waals surface area contributed by atoms with Gasteiger partial charge in [0.05, 0.1) is 11.0 Å². The third kappa shape index (κ3) is 6.85. The molecule has 1 aromatic carbocycles. The molecule has 0 saturated carbocycles. The van der Waals surface area contributed by atoms with Gasteiger partial charge >= 0.3 is 12.1 Å². The highest BCUT2D eigenvalue weighted by atomic mass is 79.9. The van der Waals surface area contributed by atoms with Gasteiger partial charge in [-0.05, 0) is 47.1 Å². The number of aryl methyl sites for hydroxylation is 1. The third-order valence-electron chi connectivity index (χ3n) is 4.51. The number of alkyl halides is 3. The minimum absolute atomic E-state index is 0.0505. The summed E-state index contributed by atoms with van der Waals surface area (Å²) in [7, 11) is 0. The van der Waals surface area contributed by atoms with Gasteiger partial charge in [0.2, 0.25) is 0 Å². The molecular weight excluding hydrogens is 504 g/mol. The number of aromatic amines is 1.